The molecule has 1 saturated heterocycles. The molecule has 2 N–H and O–H groups in total. The number of pyridine rings is 1. The van der Waals surface area contributed by atoms with Gasteiger partial charge in [-0.1, -0.05) is 0 Å². The summed E-state index contributed by atoms with van der Waals surface area (Å²) in [7, 11) is 1.63. The summed E-state index contributed by atoms with van der Waals surface area (Å²) in [5, 5.41) is 0.898. The zero-order chi connectivity index (χ0) is 19.5. The molecule has 4 rings (SSSR count). The molecule has 0 radical (unpaired) electrons. The van der Waals surface area contributed by atoms with Gasteiger partial charge in [0.1, 0.15) is 11.9 Å². The Morgan fingerprint density at radius 2 is 2.11 bits per heavy atom. The molecule has 7 heteroatoms. The van der Waals surface area contributed by atoms with E-state index in [2.05, 4.69) is 9.88 Å². The number of hydrogen-bond acceptors (Lipinski definition) is 7. The molecule has 28 heavy (non-hydrogen) atoms. The number of anilines is 1. The second-order valence-electron chi connectivity index (χ2n) is 7.42. The Labute approximate surface area is 164 Å². The standard InChI is InChI=1S/C21H27N3O4/c1-26-18-11-15-16(12-19(18)27-10-4-9-24-7-2-3-8-24)23-21(22)14-5-6-17(20(14)15)28-13-25/h11-13,17H,2-10H2,1H3,(H2,22,23). The molecule has 0 saturated carbocycles. The quantitative estimate of drug-likeness (QED) is 0.552. The van der Waals surface area contributed by atoms with E-state index in [1.54, 1.807) is 7.11 Å². The number of aromatic nitrogens is 1. The number of benzene rings is 1. The fraction of sp³-hybridized carbons (Fsp3) is 0.524. The van der Waals surface area contributed by atoms with E-state index in [1.165, 1.54) is 25.9 Å². The highest BCUT2D eigenvalue weighted by molar-refractivity contribution is 5.89. The number of nitrogen functional groups attached to an aromatic ring is 1. The van der Waals surface area contributed by atoms with E-state index >= 15 is 0 Å². The molecular formula is C21H27N3O4. The first-order valence-electron chi connectivity index (χ1n) is 9.95. The number of nitrogens with two attached hydrogens (primary N) is 1. The van der Waals surface area contributed by atoms with Gasteiger partial charge in [-0.3, -0.25) is 4.79 Å². The van der Waals surface area contributed by atoms with Crippen molar-refractivity contribution in [1.29, 1.82) is 0 Å². The first-order chi connectivity index (χ1) is 13.7. The molecule has 2 heterocycles. The summed E-state index contributed by atoms with van der Waals surface area (Å²) in [5.41, 5.74) is 8.80. The maximum Gasteiger partial charge on any atom is 0.293 e. The molecule has 2 aromatic rings. The Morgan fingerprint density at radius 1 is 1.29 bits per heavy atom. The van der Waals surface area contributed by atoms with Crippen LogP contribution in [0.15, 0.2) is 12.1 Å². The average Bonchev–Trinajstić information content (AvgIpc) is 3.36. The highest BCUT2D eigenvalue weighted by atomic mass is 16.5. The molecule has 0 amide bonds. The first kappa shape index (κ1) is 18.8. The summed E-state index contributed by atoms with van der Waals surface area (Å²) in [6.45, 7) is 4.56. The van der Waals surface area contributed by atoms with Crippen molar-refractivity contribution in [3.05, 3.63) is 23.3 Å². The van der Waals surface area contributed by atoms with Crippen LogP contribution in [0.5, 0.6) is 11.5 Å². The lowest BCUT2D eigenvalue weighted by Crippen LogP contribution is -2.21. The normalized spacial score (nSPS) is 19.0. The van der Waals surface area contributed by atoms with E-state index in [9.17, 15) is 4.79 Å². The van der Waals surface area contributed by atoms with Crippen molar-refractivity contribution in [3.8, 4) is 11.5 Å². The Hall–Kier alpha value is -2.54. The van der Waals surface area contributed by atoms with Gasteiger partial charge in [-0.25, -0.2) is 4.98 Å². The lowest BCUT2D eigenvalue weighted by atomic mass is 10.0. The minimum atomic E-state index is -0.294. The van der Waals surface area contributed by atoms with Crippen LogP contribution in [-0.4, -0.2) is 49.7 Å². The van der Waals surface area contributed by atoms with Gasteiger partial charge in [0.2, 0.25) is 0 Å². The summed E-state index contributed by atoms with van der Waals surface area (Å²) in [6, 6.07) is 3.79. The average molecular weight is 385 g/mol. The highest BCUT2D eigenvalue weighted by Gasteiger charge is 2.29. The second-order valence-corrected chi connectivity index (χ2v) is 7.42. The van der Waals surface area contributed by atoms with E-state index in [-0.39, 0.29) is 6.10 Å². The second kappa shape index (κ2) is 8.22. The number of carbonyl (C=O) groups excluding carboxylic acids is 1. The molecule has 150 valence electrons. The van der Waals surface area contributed by atoms with Crippen LogP contribution in [0.1, 0.15) is 42.9 Å². The van der Waals surface area contributed by atoms with E-state index in [4.69, 9.17) is 19.9 Å². The van der Waals surface area contributed by atoms with Gasteiger partial charge in [-0.05, 0) is 51.3 Å². The van der Waals surface area contributed by atoms with Crippen molar-refractivity contribution in [2.24, 2.45) is 0 Å². The SMILES string of the molecule is COc1cc2c3c(c(N)nc2cc1OCCCN1CCCC1)CCC3OC=O. The van der Waals surface area contributed by atoms with Crippen molar-refractivity contribution < 1.29 is 19.0 Å². The molecular weight excluding hydrogens is 358 g/mol. The number of nitrogens with zero attached hydrogens (tertiary/aromatic N) is 2. The van der Waals surface area contributed by atoms with Crippen LogP contribution in [-0.2, 0) is 16.0 Å². The minimum absolute atomic E-state index is 0.294. The van der Waals surface area contributed by atoms with Gasteiger partial charge in [-0.2, -0.15) is 0 Å². The van der Waals surface area contributed by atoms with Crippen molar-refractivity contribution in [3.63, 3.8) is 0 Å². The predicted octanol–water partition coefficient (Wildman–Crippen LogP) is 2.85. The van der Waals surface area contributed by atoms with Crippen LogP contribution >= 0.6 is 0 Å². The summed E-state index contributed by atoms with van der Waals surface area (Å²) in [5.74, 6) is 1.80. The van der Waals surface area contributed by atoms with Crippen molar-refractivity contribution in [2.45, 2.75) is 38.2 Å². The third kappa shape index (κ3) is 3.58. The first-order valence-corrected chi connectivity index (χ1v) is 9.95. The number of fused-ring (bicyclic) bond motifs is 3. The Bertz CT molecular complexity index is 865. The van der Waals surface area contributed by atoms with Gasteiger partial charge in [0.05, 0.1) is 19.2 Å². The number of methoxy groups -OCH3 is 1. The fourth-order valence-electron chi connectivity index (χ4n) is 4.36. The minimum Gasteiger partial charge on any atom is -0.493 e. The maximum absolute atomic E-state index is 10.9. The fourth-order valence-corrected chi connectivity index (χ4v) is 4.36. The predicted molar refractivity (Wildman–Crippen MR) is 107 cm³/mol. The Morgan fingerprint density at radius 3 is 2.86 bits per heavy atom. The maximum atomic E-state index is 10.9. The number of hydrogen-bond donors (Lipinski definition) is 1. The van der Waals surface area contributed by atoms with Gasteiger partial charge in [0.25, 0.3) is 6.47 Å². The third-order valence-corrected chi connectivity index (χ3v) is 5.72. The topological polar surface area (TPSA) is 86.9 Å². The number of carbonyl (C=O) groups is 1. The summed E-state index contributed by atoms with van der Waals surface area (Å²) >= 11 is 0. The molecule has 1 atom stereocenters. The summed E-state index contributed by atoms with van der Waals surface area (Å²) in [6.07, 6.45) is 4.74. The lowest BCUT2D eigenvalue weighted by molar-refractivity contribution is -0.133. The molecule has 1 aliphatic carbocycles. The number of rotatable bonds is 8. The van der Waals surface area contributed by atoms with Crippen molar-refractivity contribution in [1.82, 2.24) is 9.88 Å². The molecule has 7 nitrogen and oxygen atoms in total. The van der Waals surface area contributed by atoms with E-state index < -0.39 is 0 Å². The number of ether oxygens (including phenoxy) is 3. The zero-order valence-corrected chi connectivity index (χ0v) is 16.3. The van der Waals surface area contributed by atoms with Gasteiger partial charge in [0, 0.05) is 29.1 Å². The smallest absolute Gasteiger partial charge is 0.293 e. The Balaban J connectivity index is 1.58. The van der Waals surface area contributed by atoms with Gasteiger partial charge in [-0.15, -0.1) is 0 Å². The van der Waals surface area contributed by atoms with E-state index in [0.29, 0.717) is 30.4 Å². The molecule has 0 bridgehead atoms. The molecule has 2 aliphatic rings. The van der Waals surface area contributed by atoms with Crippen LogP contribution in [0, 0.1) is 0 Å². The largest absolute Gasteiger partial charge is 0.493 e. The van der Waals surface area contributed by atoms with Crippen LogP contribution in [0.4, 0.5) is 5.82 Å². The lowest BCUT2D eigenvalue weighted by Gasteiger charge is -2.17. The van der Waals surface area contributed by atoms with E-state index in [0.717, 1.165) is 47.8 Å². The number of likely N-dealkylation sites (tertiary alicyclic amines) is 1. The molecule has 1 aliphatic heterocycles. The Kier molecular flexibility index (Phi) is 5.52. The van der Waals surface area contributed by atoms with Gasteiger partial charge in [0.15, 0.2) is 11.5 Å². The molecule has 0 spiro atoms. The van der Waals surface area contributed by atoms with Crippen molar-refractivity contribution >= 4 is 23.2 Å². The van der Waals surface area contributed by atoms with Crippen molar-refractivity contribution in [2.75, 3.05) is 39.1 Å². The summed E-state index contributed by atoms with van der Waals surface area (Å²) < 4.78 is 16.9. The van der Waals surface area contributed by atoms with E-state index in [1.807, 2.05) is 12.1 Å². The zero-order valence-electron chi connectivity index (χ0n) is 16.3. The highest BCUT2D eigenvalue weighted by Crippen LogP contribution is 2.43. The third-order valence-electron chi connectivity index (χ3n) is 5.72. The molecule has 1 unspecified atom stereocenters. The summed E-state index contributed by atoms with van der Waals surface area (Å²) in [4.78, 5) is 17.9. The van der Waals surface area contributed by atoms with Gasteiger partial charge >= 0.3 is 0 Å². The molecule has 1 aromatic carbocycles. The van der Waals surface area contributed by atoms with Crippen LogP contribution < -0.4 is 15.2 Å². The molecule has 1 fully saturated rings. The van der Waals surface area contributed by atoms with Crippen LogP contribution in [0.3, 0.4) is 0 Å². The van der Waals surface area contributed by atoms with Gasteiger partial charge < -0.3 is 24.8 Å². The van der Waals surface area contributed by atoms with Crippen LogP contribution in [0.2, 0.25) is 0 Å². The molecule has 1 aromatic heterocycles. The van der Waals surface area contributed by atoms with Crippen LogP contribution in [0.25, 0.3) is 10.9 Å². The monoisotopic (exact) mass is 385 g/mol.